The summed E-state index contributed by atoms with van der Waals surface area (Å²) in [4.78, 5) is 11.8. The number of rotatable bonds is 2. The molecule has 0 amide bonds. The van der Waals surface area contributed by atoms with Crippen molar-refractivity contribution >= 4 is 45.3 Å². The molecular weight excluding hydrogens is 312 g/mol. The zero-order valence-corrected chi connectivity index (χ0v) is 13.9. The van der Waals surface area contributed by atoms with E-state index in [0.717, 1.165) is 29.3 Å². The van der Waals surface area contributed by atoms with Crippen molar-refractivity contribution in [2.45, 2.75) is 13.0 Å². The van der Waals surface area contributed by atoms with Crippen molar-refractivity contribution < 1.29 is 4.90 Å². The van der Waals surface area contributed by atoms with Gasteiger partial charge in [-0.2, -0.15) is 0 Å². The van der Waals surface area contributed by atoms with Crippen LogP contribution in [-0.4, -0.2) is 23.6 Å². The number of quaternary nitrogens is 1. The Balaban J connectivity index is 1.88. The Kier molecular flexibility index (Phi) is 3.44. The molecule has 0 saturated heterocycles. The standard InChI is InChI=1S/C16H16N4S2/c1-20-8-7-11-12(9-20)22-15-13(11)14(18-16(21)19-15)17-10-5-3-2-4-6-10/h2-6H,7-9H2,1H3,(H2,17,18,19,21)/p+1. The third-order valence-electron chi connectivity index (χ3n) is 4.06. The largest absolute Gasteiger partial charge is 0.341 e. The fourth-order valence-corrected chi connectivity index (χ4v) is 4.59. The Morgan fingerprint density at radius 3 is 2.95 bits per heavy atom. The number of nitrogens with zero attached hydrogens (tertiary/aromatic N) is 1. The summed E-state index contributed by atoms with van der Waals surface area (Å²) in [6.07, 6.45) is 1.09. The van der Waals surface area contributed by atoms with Gasteiger partial charge in [0.1, 0.15) is 17.2 Å². The highest BCUT2D eigenvalue weighted by atomic mass is 32.1. The molecule has 1 aliphatic heterocycles. The molecule has 0 radical (unpaired) electrons. The minimum absolute atomic E-state index is 0.533. The first-order valence-corrected chi connectivity index (χ1v) is 8.61. The van der Waals surface area contributed by atoms with Crippen LogP contribution in [-0.2, 0) is 13.0 Å². The summed E-state index contributed by atoms with van der Waals surface area (Å²) >= 11 is 7.09. The van der Waals surface area contributed by atoms with Gasteiger partial charge in [-0.05, 0) is 29.9 Å². The summed E-state index contributed by atoms with van der Waals surface area (Å²) in [5.41, 5.74) is 2.49. The number of hydrogen-bond donors (Lipinski definition) is 3. The predicted molar refractivity (Wildman–Crippen MR) is 93.7 cm³/mol. The van der Waals surface area contributed by atoms with E-state index in [1.165, 1.54) is 22.4 Å². The predicted octanol–water partition coefficient (Wildman–Crippen LogP) is 2.67. The number of para-hydroxylation sites is 1. The number of hydrogen-bond acceptors (Lipinski definition) is 4. The summed E-state index contributed by atoms with van der Waals surface area (Å²) in [6.45, 7) is 2.24. The molecule has 112 valence electrons. The molecule has 0 spiro atoms. The van der Waals surface area contributed by atoms with Gasteiger partial charge in [-0.3, -0.25) is 0 Å². The number of aromatic amines is 1. The summed E-state index contributed by atoms with van der Waals surface area (Å²) in [5.74, 6) is 0.971. The van der Waals surface area contributed by atoms with Crippen LogP contribution in [0.5, 0.6) is 0 Å². The molecule has 3 aromatic rings. The molecule has 0 bridgehead atoms. The van der Waals surface area contributed by atoms with Crippen LogP contribution in [0.2, 0.25) is 0 Å². The van der Waals surface area contributed by atoms with Crippen LogP contribution < -0.4 is 10.2 Å². The molecule has 1 aliphatic rings. The second-order valence-electron chi connectivity index (χ2n) is 5.73. The fraction of sp³-hybridized carbons (Fsp3) is 0.250. The second kappa shape index (κ2) is 5.46. The average Bonchev–Trinajstić information content (AvgIpc) is 2.85. The number of thiophene rings is 1. The molecule has 4 rings (SSSR count). The number of nitrogens with one attached hydrogen (secondary N) is 3. The van der Waals surface area contributed by atoms with Crippen molar-refractivity contribution in [3.63, 3.8) is 0 Å². The van der Waals surface area contributed by atoms with Crippen molar-refractivity contribution in [1.82, 2.24) is 9.97 Å². The van der Waals surface area contributed by atoms with Gasteiger partial charge in [-0.25, -0.2) is 4.98 Å². The maximum absolute atomic E-state index is 5.30. The zero-order valence-electron chi connectivity index (χ0n) is 12.3. The molecule has 1 unspecified atom stereocenters. The molecule has 1 aromatic carbocycles. The normalized spacial score (nSPS) is 17.4. The topological polar surface area (TPSA) is 45.2 Å². The summed E-state index contributed by atoms with van der Waals surface area (Å²) in [6, 6.07) is 10.2. The minimum Gasteiger partial charge on any atom is -0.341 e. The lowest BCUT2D eigenvalue weighted by atomic mass is 10.1. The van der Waals surface area contributed by atoms with Crippen molar-refractivity contribution in [3.05, 3.63) is 45.5 Å². The lowest BCUT2D eigenvalue weighted by Crippen LogP contribution is -3.08. The van der Waals surface area contributed by atoms with E-state index in [-0.39, 0.29) is 0 Å². The number of benzene rings is 1. The van der Waals surface area contributed by atoms with Crippen molar-refractivity contribution in [2.24, 2.45) is 0 Å². The van der Waals surface area contributed by atoms with Crippen molar-refractivity contribution in [2.75, 3.05) is 18.9 Å². The fourth-order valence-electron chi connectivity index (χ4n) is 2.99. The molecule has 3 N–H and O–H groups in total. The SMILES string of the molecule is C[NH+]1CCc2c(sc3nc(=S)[nH]c(Nc4ccccc4)c23)C1. The van der Waals surface area contributed by atoms with Crippen molar-refractivity contribution in [3.8, 4) is 0 Å². The Labute approximate surface area is 137 Å². The minimum atomic E-state index is 0.533. The summed E-state index contributed by atoms with van der Waals surface area (Å²) in [5, 5.41) is 4.69. The number of fused-ring (bicyclic) bond motifs is 3. The quantitative estimate of drug-likeness (QED) is 0.634. The zero-order chi connectivity index (χ0) is 15.1. The lowest BCUT2D eigenvalue weighted by Gasteiger charge is -2.19. The highest BCUT2D eigenvalue weighted by Gasteiger charge is 2.24. The van der Waals surface area contributed by atoms with Gasteiger partial charge in [-0.1, -0.05) is 18.2 Å². The van der Waals surface area contributed by atoms with Gasteiger partial charge in [0, 0.05) is 12.1 Å². The monoisotopic (exact) mass is 329 g/mol. The van der Waals surface area contributed by atoms with E-state index in [4.69, 9.17) is 12.2 Å². The van der Waals surface area contributed by atoms with E-state index in [0.29, 0.717) is 4.77 Å². The van der Waals surface area contributed by atoms with Crippen LogP contribution in [0, 0.1) is 4.77 Å². The van der Waals surface area contributed by atoms with E-state index < -0.39 is 0 Å². The Bertz CT molecular complexity index is 882. The molecule has 3 heterocycles. The summed E-state index contributed by atoms with van der Waals surface area (Å²) in [7, 11) is 2.24. The van der Waals surface area contributed by atoms with E-state index in [1.807, 2.05) is 18.2 Å². The lowest BCUT2D eigenvalue weighted by molar-refractivity contribution is -0.895. The second-order valence-corrected chi connectivity index (χ2v) is 7.20. The number of aromatic nitrogens is 2. The first-order valence-electron chi connectivity index (χ1n) is 7.38. The Morgan fingerprint density at radius 1 is 1.32 bits per heavy atom. The molecule has 6 heteroatoms. The van der Waals surface area contributed by atoms with E-state index in [9.17, 15) is 0 Å². The number of anilines is 2. The molecular formula is C16H17N4S2+. The van der Waals surface area contributed by atoms with Crippen molar-refractivity contribution in [1.29, 1.82) is 0 Å². The van der Waals surface area contributed by atoms with Gasteiger partial charge < -0.3 is 15.2 Å². The van der Waals surface area contributed by atoms with E-state index in [2.05, 4.69) is 34.5 Å². The van der Waals surface area contributed by atoms with Crippen LogP contribution in [0.4, 0.5) is 11.5 Å². The Morgan fingerprint density at radius 2 is 2.14 bits per heavy atom. The third-order valence-corrected chi connectivity index (χ3v) is 5.38. The maximum Gasteiger partial charge on any atom is 0.199 e. The first-order chi connectivity index (χ1) is 10.7. The number of likely N-dealkylation sites (N-methyl/N-ethyl adjacent to an activating group) is 1. The van der Waals surface area contributed by atoms with Gasteiger partial charge in [0.05, 0.1) is 23.9 Å². The smallest absolute Gasteiger partial charge is 0.199 e. The molecule has 22 heavy (non-hydrogen) atoms. The molecule has 4 nitrogen and oxygen atoms in total. The van der Waals surface area contributed by atoms with Gasteiger partial charge in [0.2, 0.25) is 0 Å². The molecule has 0 aliphatic carbocycles. The maximum atomic E-state index is 5.30. The molecule has 1 atom stereocenters. The van der Waals surface area contributed by atoms with Gasteiger partial charge in [0.25, 0.3) is 0 Å². The van der Waals surface area contributed by atoms with Crippen LogP contribution >= 0.6 is 23.6 Å². The van der Waals surface area contributed by atoms with Gasteiger partial charge in [0.15, 0.2) is 4.77 Å². The van der Waals surface area contributed by atoms with Crippen LogP contribution in [0.3, 0.4) is 0 Å². The van der Waals surface area contributed by atoms with E-state index in [1.54, 1.807) is 16.2 Å². The molecule has 0 fully saturated rings. The highest BCUT2D eigenvalue weighted by Crippen LogP contribution is 2.35. The number of H-pyrrole nitrogens is 1. The highest BCUT2D eigenvalue weighted by molar-refractivity contribution is 7.71. The molecule has 0 saturated carbocycles. The third kappa shape index (κ3) is 2.43. The van der Waals surface area contributed by atoms with Gasteiger partial charge in [-0.15, -0.1) is 11.3 Å². The van der Waals surface area contributed by atoms with Crippen LogP contribution in [0.15, 0.2) is 30.3 Å². The van der Waals surface area contributed by atoms with Crippen LogP contribution in [0.25, 0.3) is 10.2 Å². The van der Waals surface area contributed by atoms with Crippen LogP contribution in [0.1, 0.15) is 10.4 Å². The van der Waals surface area contributed by atoms with E-state index >= 15 is 0 Å². The summed E-state index contributed by atoms with van der Waals surface area (Å²) < 4.78 is 0.533. The Hall–Kier alpha value is -1.76. The average molecular weight is 329 g/mol. The molecule has 2 aromatic heterocycles. The van der Waals surface area contributed by atoms with Gasteiger partial charge >= 0.3 is 0 Å². The first kappa shape index (κ1) is 13.9.